The fourth-order valence-corrected chi connectivity index (χ4v) is 2.92. The van der Waals surface area contributed by atoms with E-state index in [1.807, 2.05) is 14.0 Å². The third-order valence-electron chi connectivity index (χ3n) is 3.20. The lowest BCUT2D eigenvalue weighted by Gasteiger charge is -2.12. The molecule has 112 valence electrons. The van der Waals surface area contributed by atoms with Crippen LogP contribution in [0.3, 0.4) is 0 Å². The van der Waals surface area contributed by atoms with Crippen molar-refractivity contribution < 1.29 is 12.8 Å². The van der Waals surface area contributed by atoms with E-state index in [9.17, 15) is 12.8 Å². The van der Waals surface area contributed by atoms with Gasteiger partial charge in [0.15, 0.2) is 0 Å². The van der Waals surface area contributed by atoms with Crippen LogP contribution in [0.25, 0.3) is 0 Å². The second kappa shape index (κ2) is 6.24. The summed E-state index contributed by atoms with van der Waals surface area (Å²) in [6, 6.07) is 12.0. The van der Waals surface area contributed by atoms with Gasteiger partial charge in [0.05, 0.1) is 10.6 Å². The number of sulfonamides is 1. The Morgan fingerprint density at radius 2 is 1.76 bits per heavy atom. The summed E-state index contributed by atoms with van der Waals surface area (Å²) in [5.41, 5.74) is 1.19. The fourth-order valence-electron chi connectivity index (χ4n) is 1.87. The molecule has 0 heterocycles. The standard InChI is InChI=1S/C15H17FN2O2S/c1-11(17-2)12-6-8-15(9-7-12)21(19,20)18-14-5-3-4-13(16)10-14/h3-11,17-18H,1-2H3. The van der Waals surface area contributed by atoms with Crippen molar-refractivity contribution in [1.82, 2.24) is 5.32 Å². The Balaban J connectivity index is 2.23. The van der Waals surface area contributed by atoms with Crippen molar-refractivity contribution in [3.05, 3.63) is 59.9 Å². The number of rotatable bonds is 5. The summed E-state index contributed by atoms with van der Waals surface area (Å²) in [6.07, 6.45) is 0. The van der Waals surface area contributed by atoms with Crippen molar-refractivity contribution in [3.63, 3.8) is 0 Å². The molecule has 0 saturated heterocycles. The van der Waals surface area contributed by atoms with Gasteiger partial charge in [0.1, 0.15) is 5.82 Å². The molecule has 21 heavy (non-hydrogen) atoms. The minimum atomic E-state index is -3.72. The molecule has 1 atom stereocenters. The maximum Gasteiger partial charge on any atom is 0.261 e. The third-order valence-corrected chi connectivity index (χ3v) is 4.60. The molecule has 0 bridgehead atoms. The van der Waals surface area contributed by atoms with Gasteiger partial charge in [0.2, 0.25) is 0 Å². The van der Waals surface area contributed by atoms with Gasteiger partial charge in [-0.15, -0.1) is 0 Å². The Kier molecular flexibility index (Phi) is 4.59. The van der Waals surface area contributed by atoms with Crippen LogP contribution in [-0.2, 0) is 10.0 Å². The topological polar surface area (TPSA) is 58.2 Å². The van der Waals surface area contributed by atoms with Crippen molar-refractivity contribution in [2.75, 3.05) is 11.8 Å². The molecule has 0 fully saturated rings. The molecule has 0 amide bonds. The Hall–Kier alpha value is -1.92. The first-order chi connectivity index (χ1) is 9.92. The maximum atomic E-state index is 13.1. The minimum absolute atomic E-state index is 0.137. The number of nitrogens with one attached hydrogen (secondary N) is 2. The molecule has 6 heteroatoms. The molecule has 0 saturated carbocycles. The summed E-state index contributed by atoms with van der Waals surface area (Å²) in [4.78, 5) is 0.138. The highest BCUT2D eigenvalue weighted by atomic mass is 32.2. The van der Waals surface area contributed by atoms with Crippen molar-refractivity contribution in [1.29, 1.82) is 0 Å². The number of halogens is 1. The quantitative estimate of drug-likeness (QED) is 0.893. The monoisotopic (exact) mass is 308 g/mol. The van der Waals surface area contributed by atoms with E-state index < -0.39 is 15.8 Å². The zero-order chi connectivity index (χ0) is 15.5. The molecule has 2 N–H and O–H groups in total. The minimum Gasteiger partial charge on any atom is -0.313 e. The van der Waals surface area contributed by atoms with E-state index in [1.165, 1.54) is 30.3 Å². The van der Waals surface area contributed by atoms with Gasteiger partial charge in [-0.2, -0.15) is 0 Å². The van der Waals surface area contributed by atoms with Gasteiger partial charge >= 0.3 is 0 Å². The Morgan fingerprint density at radius 1 is 1.10 bits per heavy atom. The molecule has 0 aliphatic rings. The van der Waals surface area contributed by atoms with E-state index >= 15 is 0 Å². The van der Waals surface area contributed by atoms with Gasteiger partial charge in [0.25, 0.3) is 10.0 Å². The summed E-state index contributed by atoms with van der Waals surface area (Å²) in [5, 5.41) is 3.08. The van der Waals surface area contributed by atoms with Crippen LogP contribution in [0, 0.1) is 5.82 Å². The Bertz CT molecular complexity index is 715. The Labute approximate surface area is 124 Å². The van der Waals surface area contributed by atoms with Gasteiger partial charge in [-0.3, -0.25) is 4.72 Å². The molecular weight excluding hydrogens is 291 g/mol. The normalized spacial score (nSPS) is 12.9. The lowest BCUT2D eigenvalue weighted by molar-refractivity contribution is 0.600. The molecule has 0 aliphatic heterocycles. The van der Waals surface area contributed by atoms with Crippen LogP contribution in [0.5, 0.6) is 0 Å². The first-order valence-electron chi connectivity index (χ1n) is 6.48. The maximum absolute atomic E-state index is 13.1. The fraction of sp³-hybridized carbons (Fsp3) is 0.200. The third kappa shape index (κ3) is 3.80. The van der Waals surface area contributed by atoms with E-state index in [0.29, 0.717) is 0 Å². The van der Waals surface area contributed by atoms with E-state index in [-0.39, 0.29) is 16.6 Å². The molecule has 2 rings (SSSR count). The zero-order valence-electron chi connectivity index (χ0n) is 11.8. The van der Waals surface area contributed by atoms with Gasteiger partial charge in [-0.05, 0) is 49.9 Å². The molecule has 2 aromatic carbocycles. The molecule has 2 aromatic rings. The highest BCUT2D eigenvalue weighted by Crippen LogP contribution is 2.19. The van der Waals surface area contributed by atoms with E-state index in [0.717, 1.165) is 11.6 Å². The van der Waals surface area contributed by atoms with Gasteiger partial charge in [0, 0.05) is 6.04 Å². The molecule has 4 nitrogen and oxygen atoms in total. The first-order valence-corrected chi connectivity index (χ1v) is 7.96. The number of benzene rings is 2. The van der Waals surface area contributed by atoms with Crippen LogP contribution in [0.2, 0.25) is 0 Å². The number of hydrogen-bond acceptors (Lipinski definition) is 3. The largest absolute Gasteiger partial charge is 0.313 e. The lowest BCUT2D eigenvalue weighted by Crippen LogP contribution is -2.14. The highest BCUT2D eigenvalue weighted by molar-refractivity contribution is 7.92. The van der Waals surface area contributed by atoms with Crippen LogP contribution in [0.1, 0.15) is 18.5 Å². The predicted molar refractivity (Wildman–Crippen MR) is 81.1 cm³/mol. The van der Waals surface area contributed by atoms with E-state index in [4.69, 9.17) is 0 Å². The van der Waals surface area contributed by atoms with Crippen LogP contribution in [-0.4, -0.2) is 15.5 Å². The Morgan fingerprint density at radius 3 is 2.33 bits per heavy atom. The summed E-state index contributed by atoms with van der Waals surface area (Å²) in [6.45, 7) is 1.98. The van der Waals surface area contributed by atoms with Crippen LogP contribution in [0.4, 0.5) is 10.1 Å². The number of hydrogen-bond donors (Lipinski definition) is 2. The highest BCUT2D eigenvalue weighted by Gasteiger charge is 2.15. The van der Waals surface area contributed by atoms with Crippen molar-refractivity contribution in [2.45, 2.75) is 17.9 Å². The van der Waals surface area contributed by atoms with Gasteiger partial charge in [-0.25, -0.2) is 12.8 Å². The second-order valence-electron chi connectivity index (χ2n) is 4.70. The molecule has 1 unspecified atom stereocenters. The van der Waals surface area contributed by atoms with Crippen molar-refractivity contribution in [3.8, 4) is 0 Å². The van der Waals surface area contributed by atoms with E-state index in [1.54, 1.807) is 12.1 Å². The number of anilines is 1. The SMILES string of the molecule is CNC(C)c1ccc(S(=O)(=O)Nc2cccc(F)c2)cc1. The van der Waals surface area contributed by atoms with Gasteiger partial charge in [-0.1, -0.05) is 18.2 Å². The van der Waals surface area contributed by atoms with Crippen molar-refractivity contribution in [2.24, 2.45) is 0 Å². The first kappa shape index (κ1) is 15.5. The predicted octanol–water partition coefficient (Wildman–Crippen LogP) is 2.91. The summed E-state index contributed by atoms with van der Waals surface area (Å²) < 4.78 is 39.9. The van der Waals surface area contributed by atoms with Crippen LogP contribution in [0.15, 0.2) is 53.4 Å². The smallest absolute Gasteiger partial charge is 0.261 e. The van der Waals surface area contributed by atoms with Crippen molar-refractivity contribution >= 4 is 15.7 Å². The second-order valence-corrected chi connectivity index (χ2v) is 6.38. The summed E-state index contributed by atoms with van der Waals surface area (Å²) in [7, 11) is -1.88. The average molecular weight is 308 g/mol. The summed E-state index contributed by atoms with van der Waals surface area (Å²) >= 11 is 0. The molecular formula is C15H17FN2O2S. The van der Waals surface area contributed by atoms with Crippen LogP contribution >= 0.6 is 0 Å². The lowest BCUT2D eigenvalue weighted by atomic mass is 10.1. The molecule has 0 aliphatic carbocycles. The van der Waals surface area contributed by atoms with Crippen LogP contribution < -0.4 is 10.0 Å². The van der Waals surface area contributed by atoms with E-state index in [2.05, 4.69) is 10.0 Å². The average Bonchev–Trinajstić information content (AvgIpc) is 2.46. The van der Waals surface area contributed by atoms with Gasteiger partial charge < -0.3 is 5.32 Å². The zero-order valence-corrected chi connectivity index (χ0v) is 12.6. The summed E-state index contributed by atoms with van der Waals surface area (Å²) in [5.74, 6) is -0.492. The molecule has 0 spiro atoms. The molecule has 0 radical (unpaired) electrons. The molecule has 0 aromatic heterocycles.